The summed E-state index contributed by atoms with van der Waals surface area (Å²) >= 11 is 0. The Kier molecular flexibility index (Phi) is 4.67. The van der Waals surface area contributed by atoms with Crippen molar-refractivity contribution in [1.82, 2.24) is 0 Å². The summed E-state index contributed by atoms with van der Waals surface area (Å²) in [5.41, 5.74) is 0. The molecule has 0 aliphatic rings. The lowest BCUT2D eigenvalue weighted by molar-refractivity contribution is -0.167. The summed E-state index contributed by atoms with van der Waals surface area (Å²) in [7, 11) is 0. The molecule has 0 amide bonds. The zero-order valence-corrected chi connectivity index (χ0v) is 6.63. The fourth-order valence-electron chi connectivity index (χ4n) is 0.393. The molecule has 0 rings (SSSR count). The van der Waals surface area contributed by atoms with Crippen molar-refractivity contribution in [3.05, 3.63) is 12.4 Å². The molecule has 0 radical (unpaired) electrons. The lowest BCUT2D eigenvalue weighted by atomic mass is 10.6. The number of halogens is 1. The van der Waals surface area contributed by atoms with Crippen molar-refractivity contribution in [2.24, 2.45) is 0 Å². The predicted molar refractivity (Wildman–Crippen MR) is 37.8 cm³/mol. The number of hydrogen-bond acceptors (Lipinski definition) is 4. The third kappa shape index (κ3) is 4.43. The fraction of sp³-hybridized carbons (Fsp3) is 0.429. The molecule has 0 aliphatic heterocycles. The van der Waals surface area contributed by atoms with Crippen molar-refractivity contribution >= 4 is 11.9 Å². The van der Waals surface area contributed by atoms with Gasteiger partial charge in [0.1, 0.15) is 12.4 Å². The van der Waals surface area contributed by atoms with Gasteiger partial charge in [-0.3, -0.25) is 0 Å². The standard InChI is InChI=1S/C7H9FO4/c1-3-11-6(9)7(10)12-4-5(2)8/h2-4H2,1H3. The highest BCUT2D eigenvalue weighted by Gasteiger charge is 2.16. The molecular weight excluding hydrogens is 167 g/mol. The van der Waals surface area contributed by atoms with Gasteiger partial charge in [0.15, 0.2) is 0 Å². The number of hydrogen-bond donors (Lipinski definition) is 0. The first-order valence-corrected chi connectivity index (χ1v) is 3.25. The molecule has 4 nitrogen and oxygen atoms in total. The van der Waals surface area contributed by atoms with Crippen LogP contribution in [0.15, 0.2) is 12.4 Å². The van der Waals surface area contributed by atoms with Crippen molar-refractivity contribution in [1.29, 1.82) is 0 Å². The maximum absolute atomic E-state index is 11.9. The van der Waals surface area contributed by atoms with Crippen LogP contribution in [0.25, 0.3) is 0 Å². The second-order valence-electron chi connectivity index (χ2n) is 1.81. The van der Waals surface area contributed by atoms with E-state index in [2.05, 4.69) is 16.1 Å². The highest BCUT2D eigenvalue weighted by molar-refractivity contribution is 6.29. The summed E-state index contributed by atoms with van der Waals surface area (Å²) in [5, 5.41) is 0. The quantitative estimate of drug-likeness (QED) is 0.466. The van der Waals surface area contributed by atoms with E-state index in [0.717, 1.165) is 0 Å². The minimum atomic E-state index is -1.21. The molecule has 12 heavy (non-hydrogen) atoms. The zero-order chi connectivity index (χ0) is 9.56. The second kappa shape index (κ2) is 5.29. The molecule has 5 heteroatoms. The van der Waals surface area contributed by atoms with Crippen LogP contribution < -0.4 is 0 Å². The molecule has 0 aromatic carbocycles. The minimum absolute atomic E-state index is 0.0739. The molecule has 0 fully saturated rings. The van der Waals surface area contributed by atoms with E-state index in [9.17, 15) is 14.0 Å². The fourth-order valence-corrected chi connectivity index (χ4v) is 0.393. The first-order chi connectivity index (χ1) is 5.57. The second-order valence-corrected chi connectivity index (χ2v) is 1.81. The van der Waals surface area contributed by atoms with Crippen LogP contribution in [0.1, 0.15) is 6.92 Å². The van der Waals surface area contributed by atoms with Crippen molar-refractivity contribution in [2.45, 2.75) is 6.92 Å². The van der Waals surface area contributed by atoms with Crippen molar-refractivity contribution in [3.8, 4) is 0 Å². The molecule has 0 unspecified atom stereocenters. The first-order valence-electron chi connectivity index (χ1n) is 3.25. The van der Waals surface area contributed by atoms with Crippen LogP contribution in [0.3, 0.4) is 0 Å². The molecule has 0 N–H and O–H groups in total. The van der Waals surface area contributed by atoms with E-state index in [1.165, 1.54) is 0 Å². The smallest absolute Gasteiger partial charge is 0.417 e. The molecule has 0 spiro atoms. The van der Waals surface area contributed by atoms with Gasteiger partial charge in [0, 0.05) is 0 Å². The lowest BCUT2D eigenvalue weighted by Gasteiger charge is -2.01. The number of rotatable bonds is 3. The van der Waals surface area contributed by atoms with Gasteiger partial charge in [0.25, 0.3) is 0 Å². The Bertz CT molecular complexity index is 200. The monoisotopic (exact) mass is 176 g/mol. The van der Waals surface area contributed by atoms with Gasteiger partial charge in [-0.05, 0) is 6.92 Å². The van der Waals surface area contributed by atoms with E-state index < -0.39 is 24.4 Å². The summed E-state index contributed by atoms with van der Waals surface area (Å²) in [6.07, 6.45) is 0. The summed E-state index contributed by atoms with van der Waals surface area (Å²) in [5.74, 6) is -3.16. The number of esters is 2. The minimum Gasteiger partial charge on any atom is -0.458 e. The van der Waals surface area contributed by atoms with Crippen LogP contribution in [-0.2, 0) is 19.1 Å². The van der Waals surface area contributed by atoms with E-state index >= 15 is 0 Å². The van der Waals surface area contributed by atoms with E-state index in [0.29, 0.717) is 0 Å². The van der Waals surface area contributed by atoms with Gasteiger partial charge in [-0.1, -0.05) is 6.58 Å². The third-order valence-electron chi connectivity index (χ3n) is 0.802. The van der Waals surface area contributed by atoms with E-state index in [1.54, 1.807) is 6.92 Å². The molecule has 0 bridgehead atoms. The molecule has 0 saturated carbocycles. The van der Waals surface area contributed by atoms with Gasteiger partial charge in [-0.25, -0.2) is 14.0 Å². The summed E-state index contributed by atoms with van der Waals surface area (Å²) < 4.78 is 20.3. The SMILES string of the molecule is C=C(F)COC(=O)C(=O)OCC. The highest BCUT2D eigenvalue weighted by atomic mass is 19.1. The average molecular weight is 176 g/mol. The average Bonchev–Trinajstić information content (AvgIpc) is 2.00. The summed E-state index contributed by atoms with van der Waals surface area (Å²) in [6.45, 7) is 3.84. The van der Waals surface area contributed by atoms with Gasteiger partial charge >= 0.3 is 11.9 Å². The Labute approximate surface area is 69.0 Å². The molecular formula is C7H9FO4. The Morgan fingerprint density at radius 1 is 1.33 bits per heavy atom. The Balaban J connectivity index is 3.72. The first kappa shape index (κ1) is 10.6. The number of carbonyl (C=O) groups excluding carboxylic acids is 2. The van der Waals surface area contributed by atoms with Crippen LogP contribution in [-0.4, -0.2) is 25.2 Å². The van der Waals surface area contributed by atoms with Gasteiger partial charge in [-0.2, -0.15) is 0 Å². The van der Waals surface area contributed by atoms with E-state index in [4.69, 9.17) is 0 Å². The third-order valence-corrected chi connectivity index (χ3v) is 0.802. The van der Waals surface area contributed by atoms with Crippen molar-refractivity contribution < 1.29 is 23.5 Å². The Hall–Kier alpha value is -1.39. The van der Waals surface area contributed by atoms with Crippen LogP contribution in [0.5, 0.6) is 0 Å². The normalized spacial score (nSPS) is 8.83. The maximum atomic E-state index is 11.9. The van der Waals surface area contributed by atoms with Crippen molar-refractivity contribution in [3.63, 3.8) is 0 Å². The topological polar surface area (TPSA) is 52.6 Å². The Morgan fingerprint density at radius 2 is 1.83 bits per heavy atom. The lowest BCUT2D eigenvalue weighted by Crippen LogP contribution is -2.20. The van der Waals surface area contributed by atoms with Crippen LogP contribution in [0, 0.1) is 0 Å². The summed E-state index contributed by atoms with van der Waals surface area (Å²) in [4.78, 5) is 21.0. The van der Waals surface area contributed by atoms with Crippen LogP contribution in [0.2, 0.25) is 0 Å². The summed E-state index contributed by atoms with van der Waals surface area (Å²) in [6, 6.07) is 0. The van der Waals surface area contributed by atoms with Crippen LogP contribution in [0.4, 0.5) is 4.39 Å². The Morgan fingerprint density at radius 3 is 2.25 bits per heavy atom. The molecule has 0 aliphatic carbocycles. The van der Waals surface area contributed by atoms with Crippen LogP contribution >= 0.6 is 0 Å². The largest absolute Gasteiger partial charge is 0.458 e. The van der Waals surface area contributed by atoms with E-state index in [-0.39, 0.29) is 6.61 Å². The van der Waals surface area contributed by atoms with Gasteiger partial charge in [0.2, 0.25) is 0 Å². The molecule has 0 heterocycles. The van der Waals surface area contributed by atoms with Gasteiger partial charge in [0.05, 0.1) is 6.61 Å². The number of ether oxygens (including phenoxy) is 2. The molecule has 68 valence electrons. The van der Waals surface area contributed by atoms with Gasteiger partial charge in [-0.15, -0.1) is 0 Å². The van der Waals surface area contributed by atoms with Crippen molar-refractivity contribution in [2.75, 3.05) is 13.2 Å². The number of carbonyl (C=O) groups is 2. The zero-order valence-electron chi connectivity index (χ0n) is 6.63. The highest BCUT2D eigenvalue weighted by Crippen LogP contribution is 1.93. The predicted octanol–water partition coefficient (Wildman–Crippen LogP) is 0.576. The molecule has 0 saturated heterocycles. The maximum Gasteiger partial charge on any atom is 0.417 e. The molecule has 0 aromatic heterocycles. The van der Waals surface area contributed by atoms with E-state index in [1.807, 2.05) is 0 Å². The van der Waals surface area contributed by atoms with Gasteiger partial charge < -0.3 is 9.47 Å². The molecule has 0 aromatic rings. The molecule has 0 atom stereocenters.